The number of hydrogen-bond acceptors (Lipinski definition) is 25. The Morgan fingerprint density at radius 2 is 1.03 bits per heavy atom. The molecule has 358 valence electrons. The van der Waals surface area contributed by atoms with E-state index in [4.69, 9.17) is 47.0 Å². The van der Waals surface area contributed by atoms with Crippen LogP contribution in [0.15, 0.2) is 33.5 Å². The average molecular weight is 921 g/mol. The van der Waals surface area contributed by atoms with Crippen LogP contribution in [0.25, 0.3) is 21.5 Å². The minimum Gasteiger partial charge on any atom is -0.506 e. The molecule has 0 unspecified atom stereocenters. The second-order valence-corrected chi connectivity index (χ2v) is 15.9. The standard InChI is InChI=1S/C39H52O25/c1-11-3-12-4-13-5-14(55-2)6-15(20(13)26(46)21(12)35(54)58-11)59-38-31(51)28(48)23(43)18(62-38)10-57-37-33(53)34(25(45)17(8-41)61-37)64-39-32(52)29(49)24(44)19(63-39)9-56-36-30(50)27(47)22(42)16(7-40)60-36/h3-6,16-19,22-25,27-34,36-53H,7-10H2,1-2H3/t16-,17-,18-,19-,22-,23-,24-,25-,27+,28+,29+,30-,31-,32-,33-,34+,36-,37-,38-,39+/m1/s1. The third kappa shape index (κ3) is 9.27. The van der Waals surface area contributed by atoms with Crippen LogP contribution in [0.3, 0.4) is 0 Å². The summed E-state index contributed by atoms with van der Waals surface area (Å²) >= 11 is 0. The number of rotatable bonds is 13. The van der Waals surface area contributed by atoms with E-state index < -0.39 is 161 Å². The molecule has 25 heteroatoms. The molecule has 0 radical (unpaired) electrons. The van der Waals surface area contributed by atoms with Gasteiger partial charge >= 0.3 is 5.63 Å². The van der Waals surface area contributed by atoms with Gasteiger partial charge in [0.25, 0.3) is 0 Å². The maximum atomic E-state index is 12.8. The minimum absolute atomic E-state index is 0.0335. The molecular weight excluding hydrogens is 868 g/mol. The fourth-order valence-corrected chi connectivity index (χ4v) is 8.00. The van der Waals surface area contributed by atoms with Crippen molar-refractivity contribution in [2.75, 3.05) is 33.5 Å². The summed E-state index contributed by atoms with van der Waals surface area (Å²) in [5.74, 6) is -0.251. The predicted molar refractivity (Wildman–Crippen MR) is 205 cm³/mol. The van der Waals surface area contributed by atoms with Gasteiger partial charge in [0.2, 0.25) is 6.29 Å². The zero-order chi connectivity index (χ0) is 46.5. The van der Waals surface area contributed by atoms with E-state index in [1.807, 2.05) is 0 Å². The lowest BCUT2D eigenvalue weighted by Gasteiger charge is -2.46. The Morgan fingerprint density at radius 3 is 1.61 bits per heavy atom. The second-order valence-electron chi connectivity index (χ2n) is 15.9. The summed E-state index contributed by atoms with van der Waals surface area (Å²) in [7, 11) is 1.35. The van der Waals surface area contributed by atoms with Crippen LogP contribution >= 0.6 is 0 Å². The Bertz CT molecular complexity index is 2120. The Labute approximate surface area is 360 Å². The molecule has 25 nitrogen and oxygen atoms in total. The van der Waals surface area contributed by atoms with Crippen molar-refractivity contribution in [2.45, 2.75) is 130 Å². The van der Waals surface area contributed by atoms with Crippen LogP contribution in [0.1, 0.15) is 5.76 Å². The van der Waals surface area contributed by atoms with Crippen molar-refractivity contribution >= 4 is 21.5 Å². The van der Waals surface area contributed by atoms with E-state index in [-0.39, 0.29) is 28.0 Å². The number of aryl methyl sites for hydroxylation is 1. The smallest absolute Gasteiger partial charge is 0.347 e. The topological polar surface area (TPSA) is 397 Å². The van der Waals surface area contributed by atoms with Crippen LogP contribution in [-0.4, -0.2) is 228 Å². The molecule has 1 aromatic heterocycles. The van der Waals surface area contributed by atoms with Crippen molar-refractivity contribution in [1.29, 1.82) is 0 Å². The largest absolute Gasteiger partial charge is 0.506 e. The first-order chi connectivity index (χ1) is 30.4. The van der Waals surface area contributed by atoms with Crippen LogP contribution in [0.4, 0.5) is 0 Å². The van der Waals surface area contributed by atoms with Crippen molar-refractivity contribution in [1.82, 2.24) is 0 Å². The summed E-state index contributed by atoms with van der Waals surface area (Å²) in [5.41, 5.74) is -0.848. The van der Waals surface area contributed by atoms with Gasteiger partial charge in [-0.2, -0.15) is 0 Å². The molecule has 0 amide bonds. The summed E-state index contributed by atoms with van der Waals surface area (Å²) in [6.45, 7) is -1.61. The normalized spacial score (nSPS) is 40.7. The van der Waals surface area contributed by atoms with Crippen molar-refractivity contribution in [3.8, 4) is 17.2 Å². The molecule has 0 aliphatic carbocycles. The average Bonchev–Trinajstić information content (AvgIpc) is 3.26. The fraction of sp³-hybridized carbons (Fsp3) is 0.667. The van der Waals surface area contributed by atoms with E-state index in [1.165, 1.54) is 25.3 Å². The number of aromatic hydroxyl groups is 1. The number of phenols is 1. The highest BCUT2D eigenvalue weighted by atomic mass is 16.8. The van der Waals surface area contributed by atoms with Gasteiger partial charge in [-0.05, 0) is 35.9 Å². The molecule has 2 aromatic carbocycles. The molecule has 7 rings (SSSR count). The van der Waals surface area contributed by atoms with Crippen molar-refractivity contribution in [3.63, 3.8) is 0 Å². The van der Waals surface area contributed by atoms with Gasteiger partial charge in [0.15, 0.2) is 18.9 Å². The van der Waals surface area contributed by atoms with E-state index in [1.54, 1.807) is 13.0 Å². The molecule has 4 aliphatic heterocycles. The Balaban J connectivity index is 1.05. The van der Waals surface area contributed by atoms with E-state index in [0.29, 0.717) is 10.8 Å². The van der Waals surface area contributed by atoms with Gasteiger partial charge in [0.1, 0.15) is 126 Å². The van der Waals surface area contributed by atoms with Gasteiger partial charge in [-0.15, -0.1) is 0 Å². The maximum Gasteiger partial charge on any atom is 0.347 e. The van der Waals surface area contributed by atoms with Crippen LogP contribution in [0.2, 0.25) is 0 Å². The SMILES string of the molecule is COc1cc(O[C@@H]2O[C@H](CO[C@@H]3O[C@H](CO)[C@@H](O)[C@H](O[C@@H]4O[C@H](CO[C@@H]5O[C@H](CO)[C@@H](O)[C@H](O)[C@H]5O)[C@@H](O)[C@H](O)[C@H]4O)[C@H]3O)[C@@H](O)[C@H](O)[C@H]2O)c2c(O)c3c(=O)oc(C)cc3cc2c1. The van der Waals surface area contributed by atoms with E-state index in [2.05, 4.69) is 0 Å². The van der Waals surface area contributed by atoms with Gasteiger partial charge in [0, 0.05) is 6.07 Å². The van der Waals surface area contributed by atoms with Gasteiger partial charge in [-0.3, -0.25) is 0 Å². The molecule has 5 heterocycles. The number of fused-ring (bicyclic) bond motifs is 2. The Kier molecular flexibility index (Phi) is 15.0. The Hall–Kier alpha value is -3.49. The van der Waals surface area contributed by atoms with Gasteiger partial charge < -0.3 is 119 Å². The maximum absolute atomic E-state index is 12.8. The highest BCUT2D eigenvalue weighted by molar-refractivity contribution is 6.07. The molecule has 64 heavy (non-hydrogen) atoms. The summed E-state index contributed by atoms with van der Waals surface area (Å²) < 4.78 is 55.6. The lowest BCUT2D eigenvalue weighted by molar-refractivity contribution is -0.369. The summed E-state index contributed by atoms with van der Waals surface area (Å²) in [4.78, 5) is 12.8. The zero-order valence-corrected chi connectivity index (χ0v) is 33.9. The third-order valence-corrected chi connectivity index (χ3v) is 11.6. The molecule has 0 saturated carbocycles. The van der Waals surface area contributed by atoms with Crippen molar-refractivity contribution < 1.29 is 119 Å². The first kappa shape index (κ1) is 48.4. The van der Waals surface area contributed by atoms with Crippen molar-refractivity contribution in [3.05, 3.63) is 40.4 Å². The lowest BCUT2D eigenvalue weighted by atomic mass is 9.96. The molecule has 0 bridgehead atoms. The number of benzene rings is 2. The van der Waals surface area contributed by atoms with Gasteiger partial charge in [-0.25, -0.2) is 4.79 Å². The van der Waals surface area contributed by atoms with Crippen LogP contribution < -0.4 is 15.1 Å². The fourth-order valence-electron chi connectivity index (χ4n) is 8.00. The first-order valence-corrected chi connectivity index (χ1v) is 20.0. The summed E-state index contributed by atoms with van der Waals surface area (Å²) in [6, 6.07) is 5.94. The van der Waals surface area contributed by atoms with E-state index in [0.717, 1.165) is 0 Å². The second kappa shape index (κ2) is 19.8. The first-order valence-electron chi connectivity index (χ1n) is 20.0. The molecular formula is C39H52O25. The molecule has 3 aromatic rings. The number of hydrogen-bond donors (Lipinski definition) is 14. The number of ether oxygens (including phenoxy) is 9. The number of aliphatic hydroxyl groups is 13. The van der Waals surface area contributed by atoms with Gasteiger partial charge in [-0.1, -0.05) is 0 Å². The highest BCUT2D eigenvalue weighted by Crippen LogP contribution is 2.42. The van der Waals surface area contributed by atoms with Crippen LogP contribution in [-0.2, 0) is 33.2 Å². The van der Waals surface area contributed by atoms with E-state index >= 15 is 0 Å². The zero-order valence-electron chi connectivity index (χ0n) is 33.9. The van der Waals surface area contributed by atoms with Crippen molar-refractivity contribution in [2.24, 2.45) is 0 Å². The minimum atomic E-state index is -2.05. The molecule has 0 spiro atoms. The monoisotopic (exact) mass is 920 g/mol. The number of methoxy groups -OCH3 is 1. The predicted octanol–water partition coefficient (Wildman–Crippen LogP) is -6.38. The molecule has 4 fully saturated rings. The number of phenolic OH excluding ortho intramolecular Hbond substituents is 1. The van der Waals surface area contributed by atoms with Gasteiger partial charge in [0.05, 0.1) is 38.9 Å². The van der Waals surface area contributed by atoms with Crippen LogP contribution in [0, 0.1) is 6.92 Å². The molecule has 4 aliphatic rings. The molecule has 4 saturated heterocycles. The Morgan fingerprint density at radius 1 is 0.547 bits per heavy atom. The quantitative estimate of drug-likeness (QED) is 0.0709. The summed E-state index contributed by atoms with van der Waals surface area (Å²) in [5, 5.41) is 149. The number of aliphatic hydroxyl groups excluding tert-OH is 13. The van der Waals surface area contributed by atoms with Crippen LogP contribution in [0.5, 0.6) is 17.2 Å². The third-order valence-electron chi connectivity index (χ3n) is 11.6. The molecule has 14 N–H and O–H groups in total. The highest BCUT2D eigenvalue weighted by Gasteiger charge is 2.53. The lowest BCUT2D eigenvalue weighted by Crippen LogP contribution is -2.65. The summed E-state index contributed by atoms with van der Waals surface area (Å²) in [6.07, 6.45) is -36.2. The molecule has 20 atom stereocenters. The van der Waals surface area contributed by atoms with E-state index in [9.17, 15) is 76.3 Å².